The maximum absolute atomic E-state index is 12.2. The molecule has 0 atom stereocenters. The normalized spacial score (nSPS) is 14.9. The molecule has 3 aromatic rings. The fourth-order valence-corrected chi connectivity index (χ4v) is 4.39. The highest BCUT2D eigenvalue weighted by atomic mass is 16.5. The number of amidine groups is 1. The van der Waals surface area contributed by atoms with Crippen LogP contribution in [-0.4, -0.2) is 50.3 Å². The van der Waals surface area contributed by atoms with Crippen LogP contribution in [0, 0.1) is 6.92 Å². The first-order valence-corrected chi connectivity index (χ1v) is 13.3. The van der Waals surface area contributed by atoms with Gasteiger partial charge in [0.25, 0.3) is 6.02 Å². The van der Waals surface area contributed by atoms with Crippen molar-refractivity contribution >= 4 is 23.8 Å². The molecule has 0 aromatic heterocycles. The van der Waals surface area contributed by atoms with Crippen molar-refractivity contribution in [2.24, 2.45) is 4.99 Å². The molecule has 0 N–H and O–H groups in total. The van der Waals surface area contributed by atoms with Gasteiger partial charge in [0.1, 0.15) is 17.3 Å². The van der Waals surface area contributed by atoms with E-state index in [1.807, 2.05) is 49.4 Å². The Kier molecular flexibility index (Phi) is 9.62. The SMILES string of the molecule is CCOC(=O)c1cccc(N=C2O/C(=C/c3ccc(OC)cc3)CN2CCCc2ccc(OCC)cc2C)c1. The highest BCUT2D eigenvalue weighted by molar-refractivity contribution is 5.91. The maximum Gasteiger partial charge on any atom is 0.338 e. The van der Waals surface area contributed by atoms with Crippen molar-refractivity contribution in [3.63, 3.8) is 0 Å². The van der Waals surface area contributed by atoms with Crippen LogP contribution >= 0.6 is 0 Å². The van der Waals surface area contributed by atoms with Gasteiger partial charge >= 0.3 is 5.97 Å². The minimum absolute atomic E-state index is 0.321. The molecule has 1 aliphatic rings. The van der Waals surface area contributed by atoms with Crippen LogP contribution in [0.3, 0.4) is 0 Å². The van der Waals surface area contributed by atoms with Crippen LogP contribution in [0.2, 0.25) is 0 Å². The summed E-state index contributed by atoms with van der Waals surface area (Å²) >= 11 is 0. The summed E-state index contributed by atoms with van der Waals surface area (Å²) in [5, 5.41) is 0. The summed E-state index contributed by atoms with van der Waals surface area (Å²) < 4.78 is 22.3. The lowest BCUT2D eigenvalue weighted by atomic mass is 10.0. The molecule has 1 fully saturated rings. The van der Waals surface area contributed by atoms with E-state index in [0.29, 0.717) is 37.0 Å². The van der Waals surface area contributed by atoms with Gasteiger partial charge in [0.2, 0.25) is 0 Å². The topological polar surface area (TPSA) is 69.6 Å². The summed E-state index contributed by atoms with van der Waals surface area (Å²) in [5.41, 5.74) is 4.63. The van der Waals surface area contributed by atoms with Gasteiger partial charge < -0.3 is 23.8 Å². The van der Waals surface area contributed by atoms with Crippen molar-refractivity contribution in [2.75, 3.05) is 33.4 Å². The average molecular weight is 529 g/mol. The van der Waals surface area contributed by atoms with Crippen LogP contribution in [0.4, 0.5) is 5.69 Å². The van der Waals surface area contributed by atoms with Crippen LogP contribution in [0.15, 0.2) is 77.5 Å². The Morgan fingerprint density at radius 2 is 1.82 bits per heavy atom. The van der Waals surface area contributed by atoms with Crippen LogP contribution in [0.5, 0.6) is 11.5 Å². The smallest absolute Gasteiger partial charge is 0.338 e. The zero-order valence-electron chi connectivity index (χ0n) is 23.1. The number of esters is 1. The minimum Gasteiger partial charge on any atom is -0.497 e. The predicted molar refractivity (Wildman–Crippen MR) is 154 cm³/mol. The molecule has 7 nitrogen and oxygen atoms in total. The van der Waals surface area contributed by atoms with Gasteiger partial charge in [0.05, 0.1) is 38.1 Å². The standard InChI is InChI=1S/C32H36N2O5/c1-5-37-29-17-14-25(23(3)19-29)10-8-18-34-22-30(20-24-12-15-28(36-4)16-13-24)39-32(34)33-27-11-7-9-26(21-27)31(35)38-6-2/h7,9,11-17,19-21H,5-6,8,10,18,22H2,1-4H3/b30-20+,33-32?. The molecular weight excluding hydrogens is 492 g/mol. The molecule has 0 saturated carbocycles. The van der Waals surface area contributed by atoms with Crippen molar-refractivity contribution in [3.05, 3.63) is 94.7 Å². The number of hydrogen-bond donors (Lipinski definition) is 0. The van der Waals surface area contributed by atoms with Gasteiger partial charge in [-0.2, -0.15) is 4.99 Å². The first kappa shape index (κ1) is 27.8. The Morgan fingerprint density at radius 1 is 1.03 bits per heavy atom. The third-order valence-electron chi connectivity index (χ3n) is 6.36. The Hall–Kier alpha value is -4.26. The van der Waals surface area contributed by atoms with Crippen LogP contribution in [-0.2, 0) is 15.9 Å². The largest absolute Gasteiger partial charge is 0.497 e. The molecule has 0 amide bonds. The van der Waals surface area contributed by atoms with E-state index in [1.54, 1.807) is 32.2 Å². The Bertz CT molecular complexity index is 1330. The molecule has 0 bridgehead atoms. The van der Waals surface area contributed by atoms with Crippen molar-refractivity contribution in [2.45, 2.75) is 33.6 Å². The van der Waals surface area contributed by atoms with Crippen LogP contribution < -0.4 is 9.47 Å². The molecule has 0 unspecified atom stereocenters. The third-order valence-corrected chi connectivity index (χ3v) is 6.36. The van der Waals surface area contributed by atoms with Gasteiger partial charge in [-0.05, 0) is 98.8 Å². The summed E-state index contributed by atoms with van der Waals surface area (Å²) in [6.45, 7) is 8.25. The molecule has 204 valence electrons. The van der Waals surface area contributed by atoms with E-state index in [1.165, 1.54) is 11.1 Å². The highest BCUT2D eigenvalue weighted by Gasteiger charge is 2.25. The van der Waals surface area contributed by atoms with Crippen molar-refractivity contribution in [1.29, 1.82) is 0 Å². The first-order chi connectivity index (χ1) is 19.0. The summed E-state index contributed by atoms with van der Waals surface area (Å²) in [4.78, 5) is 19.1. The molecule has 7 heteroatoms. The minimum atomic E-state index is -0.366. The Labute approximate surface area is 230 Å². The molecule has 1 saturated heterocycles. The van der Waals surface area contributed by atoms with Gasteiger partial charge in [0.15, 0.2) is 0 Å². The molecule has 0 spiro atoms. The number of benzene rings is 3. The maximum atomic E-state index is 12.2. The molecular formula is C32H36N2O5. The van der Waals surface area contributed by atoms with Gasteiger partial charge in [-0.25, -0.2) is 4.79 Å². The summed E-state index contributed by atoms with van der Waals surface area (Å²) in [5.74, 6) is 2.14. The quantitative estimate of drug-likeness (QED) is 0.262. The van der Waals surface area contributed by atoms with Crippen molar-refractivity contribution in [3.8, 4) is 11.5 Å². The van der Waals surface area contributed by atoms with E-state index in [4.69, 9.17) is 23.9 Å². The number of nitrogens with zero attached hydrogens (tertiary/aromatic N) is 2. The molecule has 1 aliphatic heterocycles. The van der Waals surface area contributed by atoms with E-state index in [0.717, 1.165) is 42.2 Å². The number of ether oxygens (including phenoxy) is 4. The molecule has 3 aromatic carbocycles. The van der Waals surface area contributed by atoms with Gasteiger partial charge in [-0.3, -0.25) is 0 Å². The molecule has 4 rings (SSSR count). The van der Waals surface area contributed by atoms with Gasteiger partial charge in [-0.15, -0.1) is 0 Å². The number of aliphatic imine (C=N–C) groups is 1. The fourth-order valence-electron chi connectivity index (χ4n) is 4.39. The van der Waals surface area contributed by atoms with Gasteiger partial charge in [0, 0.05) is 6.54 Å². The number of carbonyl (C=O) groups excluding carboxylic acids is 1. The number of rotatable bonds is 11. The van der Waals surface area contributed by atoms with E-state index < -0.39 is 0 Å². The number of aryl methyl sites for hydroxylation is 2. The van der Waals surface area contributed by atoms with E-state index in [-0.39, 0.29) is 5.97 Å². The van der Waals surface area contributed by atoms with E-state index >= 15 is 0 Å². The van der Waals surface area contributed by atoms with Crippen LogP contribution in [0.1, 0.15) is 47.3 Å². The molecule has 39 heavy (non-hydrogen) atoms. The zero-order chi connectivity index (χ0) is 27.6. The Morgan fingerprint density at radius 3 is 2.54 bits per heavy atom. The lowest BCUT2D eigenvalue weighted by Gasteiger charge is -2.16. The van der Waals surface area contributed by atoms with E-state index in [2.05, 4.69) is 24.0 Å². The second-order valence-corrected chi connectivity index (χ2v) is 9.20. The number of hydrogen-bond acceptors (Lipinski definition) is 6. The predicted octanol–water partition coefficient (Wildman–Crippen LogP) is 6.57. The lowest BCUT2D eigenvalue weighted by molar-refractivity contribution is 0.0526. The lowest BCUT2D eigenvalue weighted by Crippen LogP contribution is -2.27. The fraction of sp³-hybridized carbons (Fsp3) is 0.312. The second-order valence-electron chi connectivity index (χ2n) is 9.20. The second kappa shape index (κ2) is 13.5. The average Bonchev–Trinajstić information content (AvgIpc) is 3.31. The van der Waals surface area contributed by atoms with E-state index in [9.17, 15) is 4.79 Å². The number of methoxy groups -OCH3 is 1. The highest BCUT2D eigenvalue weighted by Crippen LogP contribution is 2.25. The monoisotopic (exact) mass is 528 g/mol. The van der Waals surface area contributed by atoms with Crippen molar-refractivity contribution < 1.29 is 23.7 Å². The zero-order valence-corrected chi connectivity index (χ0v) is 23.1. The molecule has 0 radical (unpaired) electrons. The summed E-state index contributed by atoms with van der Waals surface area (Å²) in [6, 6.07) is 21.7. The third kappa shape index (κ3) is 7.63. The molecule has 1 heterocycles. The summed E-state index contributed by atoms with van der Waals surface area (Å²) in [6.07, 6.45) is 3.87. The molecule has 0 aliphatic carbocycles. The number of carbonyl (C=O) groups is 1. The van der Waals surface area contributed by atoms with Crippen LogP contribution in [0.25, 0.3) is 6.08 Å². The first-order valence-electron chi connectivity index (χ1n) is 13.3. The summed E-state index contributed by atoms with van der Waals surface area (Å²) in [7, 11) is 1.65. The van der Waals surface area contributed by atoms with Gasteiger partial charge in [-0.1, -0.05) is 24.3 Å². The van der Waals surface area contributed by atoms with Crippen molar-refractivity contribution in [1.82, 2.24) is 4.90 Å². The Balaban J connectivity index is 1.52.